The average Bonchev–Trinajstić information content (AvgIpc) is 2.98. The predicted octanol–water partition coefficient (Wildman–Crippen LogP) is 2.51. The molecule has 2 heteroatoms. The van der Waals surface area contributed by atoms with Crippen LogP contribution in [0, 0.1) is 5.92 Å². The second-order valence-electron chi connectivity index (χ2n) is 4.08. The zero-order valence-corrected chi connectivity index (χ0v) is 8.74. The second kappa shape index (κ2) is 3.91. The van der Waals surface area contributed by atoms with Gasteiger partial charge in [-0.1, -0.05) is 6.07 Å². The van der Waals surface area contributed by atoms with Gasteiger partial charge in [-0.05, 0) is 43.9 Å². The Kier molecular flexibility index (Phi) is 2.62. The van der Waals surface area contributed by atoms with Crippen molar-refractivity contribution in [1.82, 2.24) is 0 Å². The highest BCUT2D eigenvalue weighted by molar-refractivity contribution is 5.55. The molecular formula is C12H18N2. The van der Waals surface area contributed by atoms with E-state index in [1.165, 1.54) is 25.1 Å². The molecule has 1 aromatic rings. The molecule has 0 amide bonds. The number of rotatable bonds is 4. The fourth-order valence-electron chi connectivity index (χ4n) is 1.75. The van der Waals surface area contributed by atoms with E-state index in [1.54, 1.807) is 0 Å². The molecule has 2 rings (SSSR count). The Morgan fingerprint density at radius 3 is 2.79 bits per heavy atom. The molecule has 0 aromatic heterocycles. The summed E-state index contributed by atoms with van der Waals surface area (Å²) in [5.41, 5.74) is 7.89. The molecule has 14 heavy (non-hydrogen) atoms. The minimum atomic E-state index is 0.858. The lowest BCUT2D eigenvalue weighted by atomic mass is 10.2. The maximum Gasteiger partial charge on any atom is 0.0386 e. The van der Waals surface area contributed by atoms with Crippen LogP contribution in [0.1, 0.15) is 19.8 Å². The van der Waals surface area contributed by atoms with E-state index >= 15 is 0 Å². The van der Waals surface area contributed by atoms with Gasteiger partial charge in [0.25, 0.3) is 0 Å². The topological polar surface area (TPSA) is 29.3 Å². The number of anilines is 2. The molecule has 1 aliphatic carbocycles. The summed E-state index contributed by atoms with van der Waals surface area (Å²) in [7, 11) is 0. The molecule has 0 unspecified atom stereocenters. The van der Waals surface area contributed by atoms with Gasteiger partial charge in [-0.2, -0.15) is 0 Å². The lowest BCUT2D eigenvalue weighted by Gasteiger charge is -2.23. The van der Waals surface area contributed by atoms with Crippen molar-refractivity contribution in [3.8, 4) is 0 Å². The van der Waals surface area contributed by atoms with Crippen LogP contribution in [-0.2, 0) is 0 Å². The van der Waals surface area contributed by atoms with Crippen molar-refractivity contribution in [3.63, 3.8) is 0 Å². The molecular weight excluding hydrogens is 172 g/mol. The minimum absolute atomic E-state index is 0.858. The Hall–Kier alpha value is -1.18. The molecule has 0 heterocycles. The molecule has 76 valence electrons. The average molecular weight is 190 g/mol. The summed E-state index contributed by atoms with van der Waals surface area (Å²) in [5, 5.41) is 0. The molecule has 1 aromatic carbocycles. The lowest BCUT2D eigenvalue weighted by Crippen LogP contribution is -2.25. The smallest absolute Gasteiger partial charge is 0.0386 e. The van der Waals surface area contributed by atoms with Gasteiger partial charge in [0.05, 0.1) is 0 Å². The summed E-state index contributed by atoms with van der Waals surface area (Å²) in [6, 6.07) is 8.17. The number of benzene rings is 1. The number of nitrogens with two attached hydrogens (primary N) is 1. The fraction of sp³-hybridized carbons (Fsp3) is 0.500. The van der Waals surface area contributed by atoms with Gasteiger partial charge in [-0.25, -0.2) is 0 Å². The van der Waals surface area contributed by atoms with Crippen molar-refractivity contribution in [2.75, 3.05) is 23.7 Å². The van der Waals surface area contributed by atoms with Crippen molar-refractivity contribution in [1.29, 1.82) is 0 Å². The summed E-state index contributed by atoms with van der Waals surface area (Å²) < 4.78 is 0. The van der Waals surface area contributed by atoms with Crippen LogP contribution in [0.5, 0.6) is 0 Å². The Morgan fingerprint density at radius 1 is 1.43 bits per heavy atom. The van der Waals surface area contributed by atoms with Crippen LogP contribution in [0.3, 0.4) is 0 Å². The normalized spacial score (nSPS) is 15.5. The summed E-state index contributed by atoms with van der Waals surface area (Å²) in [6.45, 7) is 4.46. The van der Waals surface area contributed by atoms with Gasteiger partial charge in [0.1, 0.15) is 0 Å². The lowest BCUT2D eigenvalue weighted by molar-refractivity contribution is 0.742. The highest BCUT2D eigenvalue weighted by Crippen LogP contribution is 2.31. The highest BCUT2D eigenvalue weighted by Gasteiger charge is 2.23. The van der Waals surface area contributed by atoms with E-state index in [0.29, 0.717) is 0 Å². The molecule has 0 atom stereocenters. The van der Waals surface area contributed by atoms with E-state index in [1.807, 2.05) is 12.1 Å². The second-order valence-corrected chi connectivity index (χ2v) is 4.08. The van der Waals surface area contributed by atoms with Crippen LogP contribution in [0.4, 0.5) is 11.4 Å². The van der Waals surface area contributed by atoms with Crippen LogP contribution < -0.4 is 10.6 Å². The van der Waals surface area contributed by atoms with Crippen molar-refractivity contribution in [3.05, 3.63) is 24.3 Å². The van der Waals surface area contributed by atoms with Gasteiger partial charge in [-0.15, -0.1) is 0 Å². The van der Waals surface area contributed by atoms with E-state index in [0.717, 1.165) is 18.2 Å². The van der Waals surface area contributed by atoms with E-state index in [2.05, 4.69) is 24.0 Å². The van der Waals surface area contributed by atoms with Crippen LogP contribution >= 0.6 is 0 Å². The summed E-state index contributed by atoms with van der Waals surface area (Å²) >= 11 is 0. The van der Waals surface area contributed by atoms with E-state index < -0.39 is 0 Å². The Balaban J connectivity index is 2.08. The van der Waals surface area contributed by atoms with Gasteiger partial charge >= 0.3 is 0 Å². The van der Waals surface area contributed by atoms with Crippen LogP contribution in [0.15, 0.2) is 24.3 Å². The Morgan fingerprint density at radius 2 is 2.21 bits per heavy atom. The number of hydrogen-bond acceptors (Lipinski definition) is 2. The quantitative estimate of drug-likeness (QED) is 0.739. The van der Waals surface area contributed by atoms with Crippen molar-refractivity contribution in [2.24, 2.45) is 5.92 Å². The van der Waals surface area contributed by atoms with Gasteiger partial charge < -0.3 is 10.6 Å². The molecule has 1 saturated carbocycles. The predicted molar refractivity (Wildman–Crippen MR) is 61.5 cm³/mol. The molecule has 0 radical (unpaired) electrons. The zero-order chi connectivity index (χ0) is 9.97. The maximum atomic E-state index is 5.77. The monoisotopic (exact) mass is 190 g/mol. The van der Waals surface area contributed by atoms with Crippen LogP contribution in [0.25, 0.3) is 0 Å². The van der Waals surface area contributed by atoms with Gasteiger partial charge in [0.15, 0.2) is 0 Å². The molecule has 1 fully saturated rings. The first kappa shape index (κ1) is 9.38. The first-order valence-corrected chi connectivity index (χ1v) is 5.40. The third-order valence-electron chi connectivity index (χ3n) is 2.79. The van der Waals surface area contributed by atoms with Crippen molar-refractivity contribution >= 4 is 11.4 Å². The first-order valence-electron chi connectivity index (χ1n) is 5.40. The Bertz CT molecular complexity index is 305. The van der Waals surface area contributed by atoms with Gasteiger partial charge in [0, 0.05) is 24.5 Å². The molecule has 0 aliphatic heterocycles. The summed E-state index contributed by atoms with van der Waals surface area (Å²) in [5.74, 6) is 0.927. The van der Waals surface area contributed by atoms with Crippen molar-refractivity contribution in [2.45, 2.75) is 19.8 Å². The van der Waals surface area contributed by atoms with E-state index in [4.69, 9.17) is 5.73 Å². The maximum absolute atomic E-state index is 5.77. The highest BCUT2D eigenvalue weighted by atomic mass is 15.1. The molecule has 0 bridgehead atoms. The van der Waals surface area contributed by atoms with E-state index in [-0.39, 0.29) is 0 Å². The minimum Gasteiger partial charge on any atom is -0.399 e. The first-order chi connectivity index (χ1) is 6.79. The molecule has 0 saturated heterocycles. The number of nitrogen functional groups attached to an aromatic ring is 1. The van der Waals surface area contributed by atoms with E-state index in [9.17, 15) is 0 Å². The van der Waals surface area contributed by atoms with Crippen LogP contribution in [-0.4, -0.2) is 13.1 Å². The van der Waals surface area contributed by atoms with Crippen LogP contribution in [0.2, 0.25) is 0 Å². The third-order valence-corrected chi connectivity index (χ3v) is 2.79. The molecule has 1 aliphatic rings. The van der Waals surface area contributed by atoms with Gasteiger partial charge in [-0.3, -0.25) is 0 Å². The number of hydrogen-bond donors (Lipinski definition) is 1. The third kappa shape index (κ3) is 2.19. The molecule has 2 nitrogen and oxygen atoms in total. The largest absolute Gasteiger partial charge is 0.399 e. The van der Waals surface area contributed by atoms with Crippen molar-refractivity contribution < 1.29 is 0 Å². The molecule has 2 N–H and O–H groups in total. The Labute approximate surface area is 85.7 Å². The summed E-state index contributed by atoms with van der Waals surface area (Å²) in [6.07, 6.45) is 2.80. The standard InChI is InChI=1S/C12H18N2/c1-2-14(9-10-6-7-10)12-5-3-4-11(13)8-12/h3-5,8,10H,2,6-7,9,13H2,1H3. The fourth-order valence-corrected chi connectivity index (χ4v) is 1.75. The number of nitrogens with zero attached hydrogens (tertiary/aromatic N) is 1. The van der Waals surface area contributed by atoms with Gasteiger partial charge in [0.2, 0.25) is 0 Å². The molecule has 0 spiro atoms. The summed E-state index contributed by atoms with van der Waals surface area (Å²) in [4.78, 5) is 2.41. The zero-order valence-electron chi connectivity index (χ0n) is 8.74. The SMILES string of the molecule is CCN(CC1CC1)c1cccc(N)c1.